The molecule has 0 spiro atoms. The Bertz CT molecular complexity index is 428. The lowest BCUT2D eigenvalue weighted by Crippen LogP contribution is -2.03. The van der Waals surface area contributed by atoms with Crippen LogP contribution in [-0.2, 0) is 0 Å². The molecule has 0 fully saturated rings. The summed E-state index contributed by atoms with van der Waals surface area (Å²) in [5.74, 6) is 0.520. The molecule has 0 unspecified atom stereocenters. The monoisotopic (exact) mass is 235 g/mol. The highest BCUT2D eigenvalue weighted by molar-refractivity contribution is 5.83. The number of benzene rings is 1. The third kappa shape index (κ3) is 4.22. The minimum Gasteiger partial charge on any atom is -0.272 e. The summed E-state index contributed by atoms with van der Waals surface area (Å²) in [5.41, 5.74) is 4.13. The van der Waals surface area contributed by atoms with Gasteiger partial charge < -0.3 is 0 Å². The zero-order valence-corrected chi connectivity index (χ0v) is 10.3. The van der Waals surface area contributed by atoms with E-state index in [2.05, 4.69) is 24.4 Å². The maximum Gasteiger partial charge on any atom is 0.294 e. The van der Waals surface area contributed by atoms with Crippen molar-refractivity contribution in [1.29, 1.82) is 0 Å². The first kappa shape index (κ1) is 13.2. The first-order valence-corrected chi connectivity index (χ1v) is 5.53. The quantitative estimate of drug-likeness (QED) is 0.483. The molecular formula is C12H17N3O2. The molecule has 0 bridgehead atoms. The lowest BCUT2D eigenvalue weighted by Gasteiger charge is -2.05. The average Bonchev–Trinajstić information content (AvgIpc) is 2.25. The fourth-order valence-electron chi connectivity index (χ4n) is 1.52. The van der Waals surface area contributed by atoms with Crippen LogP contribution in [0.5, 0.6) is 0 Å². The Hall–Kier alpha value is -1.91. The summed E-state index contributed by atoms with van der Waals surface area (Å²) in [6.45, 7) is 6.11. The molecule has 0 aliphatic heterocycles. The minimum atomic E-state index is -0.421. The van der Waals surface area contributed by atoms with Gasteiger partial charge in [-0.3, -0.25) is 15.5 Å². The molecule has 5 heteroatoms. The molecule has 0 atom stereocenters. The standard InChI is InChI=1S/C12H17N3O2/c1-9(2)8-10(3)13-14-11-6-4-5-7-12(11)15(16)17/h4-7,9,14H,8H2,1-3H3. The molecule has 0 amide bonds. The third-order valence-corrected chi connectivity index (χ3v) is 2.17. The SMILES string of the molecule is CC(CC(C)C)=NNc1ccccc1[N+](=O)[O-]. The van der Waals surface area contributed by atoms with Crippen molar-refractivity contribution in [2.75, 3.05) is 5.43 Å². The van der Waals surface area contributed by atoms with E-state index in [1.165, 1.54) is 6.07 Å². The van der Waals surface area contributed by atoms with Gasteiger partial charge in [-0.05, 0) is 25.3 Å². The minimum absolute atomic E-state index is 0.0357. The van der Waals surface area contributed by atoms with Crippen LogP contribution in [0.4, 0.5) is 11.4 Å². The van der Waals surface area contributed by atoms with E-state index in [1.807, 2.05) is 6.92 Å². The van der Waals surface area contributed by atoms with Gasteiger partial charge in [0.25, 0.3) is 5.69 Å². The van der Waals surface area contributed by atoms with Gasteiger partial charge >= 0.3 is 0 Å². The highest BCUT2D eigenvalue weighted by Gasteiger charge is 2.11. The largest absolute Gasteiger partial charge is 0.294 e. The lowest BCUT2D eigenvalue weighted by molar-refractivity contribution is -0.384. The number of hydrogen-bond acceptors (Lipinski definition) is 4. The summed E-state index contributed by atoms with van der Waals surface area (Å²) >= 11 is 0. The van der Waals surface area contributed by atoms with Crippen LogP contribution < -0.4 is 5.43 Å². The normalized spacial score (nSPS) is 11.6. The smallest absolute Gasteiger partial charge is 0.272 e. The van der Waals surface area contributed by atoms with Crippen LogP contribution in [0.2, 0.25) is 0 Å². The van der Waals surface area contributed by atoms with Gasteiger partial charge in [-0.25, -0.2) is 0 Å². The second kappa shape index (κ2) is 5.98. The summed E-state index contributed by atoms with van der Waals surface area (Å²) < 4.78 is 0. The van der Waals surface area contributed by atoms with Gasteiger partial charge in [-0.2, -0.15) is 5.10 Å². The molecule has 1 rings (SSSR count). The highest BCUT2D eigenvalue weighted by atomic mass is 16.6. The molecule has 1 N–H and O–H groups in total. The number of nitro groups is 1. The molecule has 0 saturated heterocycles. The van der Waals surface area contributed by atoms with Gasteiger partial charge in [0.15, 0.2) is 0 Å². The van der Waals surface area contributed by atoms with Crippen molar-refractivity contribution in [3.05, 3.63) is 34.4 Å². The van der Waals surface area contributed by atoms with E-state index in [-0.39, 0.29) is 5.69 Å². The number of hydrogen-bond donors (Lipinski definition) is 1. The second-order valence-electron chi connectivity index (χ2n) is 4.33. The maximum absolute atomic E-state index is 10.8. The van der Waals surface area contributed by atoms with Crippen molar-refractivity contribution in [2.24, 2.45) is 11.0 Å². The lowest BCUT2D eigenvalue weighted by atomic mass is 10.1. The van der Waals surface area contributed by atoms with E-state index in [9.17, 15) is 10.1 Å². The summed E-state index contributed by atoms with van der Waals surface area (Å²) in [7, 11) is 0. The predicted molar refractivity (Wildman–Crippen MR) is 69.3 cm³/mol. The van der Waals surface area contributed by atoms with E-state index in [0.29, 0.717) is 11.6 Å². The number of hydrazone groups is 1. The van der Waals surface area contributed by atoms with Crippen LogP contribution in [0.3, 0.4) is 0 Å². The Morgan fingerprint density at radius 1 is 1.47 bits per heavy atom. The van der Waals surface area contributed by atoms with Crippen molar-refractivity contribution in [1.82, 2.24) is 0 Å². The Morgan fingerprint density at radius 3 is 2.71 bits per heavy atom. The van der Waals surface area contributed by atoms with Crippen LogP contribution in [-0.4, -0.2) is 10.6 Å². The van der Waals surface area contributed by atoms with E-state index >= 15 is 0 Å². The molecule has 0 saturated carbocycles. The molecule has 0 aromatic heterocycles. The molecule has 1 aromatic rings. The Balaban J connectivity index is 2.78. The summed E-state index contributed by atoms with van der Waals surface area (Å²) in [4.78, 5) is 10.3. The Labute approximate surface area is 101 Å². The second-order valence-corrected chi connectivity index (χ2v) is 4.33. The topological polar surface area (TPSA) is 67.5 Å². The molecule has 0 aliphatic carbocycles. The summed E-state index contributed by atoms with van der Waals surface area (Å²) in [6, 6.07) is 6.47. The van der Waals surface area contributed by atoms with Gasteiger partial charge in [0, 0.05) is 11.8 Å². The highest BCUT2D eigenvalue weighted by Crippen LogP contribution is 2.23. The zero-order chi connectivity index (χ0) is 12.8. The molecule has 5 nitrogen and oxygen atoms in total. The fourth-order valence-corrected chi connectivity index (χ4v) is 1.52. The maximum atomic E-state index is 10.8. The van der Waals surface area contributed by atoms with Gasteiger partial charge in [-0.1, -0.05) is 26.0 Å². The van der Waals surface area contributed by atoms with Crippen LogP contribution in [0.1, 0.15) is 27.2 Å². The molecule has 0 aliphatic rings. The first-order valence-electron chi connectivity index (χ1n) is 5.53. The van der Waals surface area contributed by atoms with Crippen molar-refractivity contribution >= 4 is 17.1 Å². The van der Waals surface area contributed by atoms with E-state index in [1.54, 1.807) is 18.2 Å². The summed E-state index contributed by atoms with van der Waals surface area (Å²) in [6.07, 6.45) is 0.869. The van der Waals surface area contributed by atoms with Gasteiger partial charge in [0.1, 0.15) is 5.69 Å². The molecule has 1 aromatic carbocycles. The van der Waals surface area contributed by atoms with Crippen molar-refractivity contribution in [3.8, 4) is 0 Å². The van der Waals surface area contributed by atoms with Crippen LogP contribution in [0.15, 0.2) is 29.4 Å². The number of nitrogens with zero attached hydrogens (tertiary/aromatic N) is 2. The van der Waals surface area contributed by atoms with Crippen LogP contribution >= 0.6 is 0 Å². The number of para-hydroxylation sites is 2. The van der Waals surface area contributed by atoms with Gasteiger partial charge in [0.05, 0.1) is 4.92 Å². The average molecular weight is 235 g/mol. The molecular weight excluding hydrogens is 218 g/mol. The number of nitro benzene ring substituents is 1. The van der Waals surface area contributed by atoms with Crippen LogP contribution in [0.25, 0.3) is 0 Å². The van der Waals surface area contributed by atoms with E-state index in [0.717, 1.165) is 12.1 Å². The van der Waals surface area contributed by atoms with E-state index in [4.69, 9.17) is 0 Å². The predicted octanol–water partition coefficient (Wildman–Crippen LogP) is 3.43. The van der Waals surface area contributed by atoms with Crippen molar-refractivity contribution in [2.45, 2.75) is 27.2 Å². The van der Waals surface area contributed by atoms with E-state index < -0.39 is 4.92 Å². The van der Waals surface area contributed by atoms with Crippen LogP contribution in [0, 0.1) is 16.0 Å². The van der Waals surface area contributed by atoms with Gasteiger partial charge in [0.2, 0.25) is 0 Å². The van der Waals surface area contributed by atoms with Gasteiger partial charge in [-0.15, -0.1) is 0 Å². The third-order valence-electron chi connectivity index (χ3n) is 2.17. The molecule has 0 heterocycles. The molecule has 17 heavy (non-hydrogen) atoms. The van der Waals surface area contributed by atoms with Crippen molar-refractivity contribution < 1.29 is 4.92 Å². The summed E-state index contributed by atoms with van der Waals surface area (Å²) in [5, 5.41) is 14.9. The number of rotatable bonds is 5. The first-order chi connectivity index (χ1) is 8.00. The Morgan fingerprint density at radius 2 is 2.12 bits per heavy atom. The van der Waals surface area contributed by atoms with Crippen molar-refractivity contribution in [3.63, 3.8) is 0 Å². The zero-order valence-electron chi connectivity index (χ0n) is 10.3. The fraction of sp³-hybridized carbons (Fsp3) is 0.417. The molecule has 92 valence electrons. The number of nitrogens with one attached hydrogen (secondary N) is 1. The molecule has 0 radical (unpaired) electrons. The number of anilines is 1. The Kier molecular flexibility index (Phi) is 4.63.